The number of non-ortho nitro benzene ring substituents is 1. The van der Waals surface area contributed by atoms with Crippen LogP contribution in [0, 0.1) is 10.1 Å². The predicted molar refractivity (Wildman–Crippen MR) is 142 cm³/mol. The van der Waals surface area contributed by atoms with Gasteiger partial charge in [-0.3, -0.25) is 19.7 Å². The van der Waals surface area contributed by atoms with E-state index in [1.54, 1.807) is 12.1 Å². The van der Waals surface area contributed by atoms with Crippen molar-refractivity contribution in [2.24, 2.45) is 0 Å². The van der Waals surface area contributed by atoms with Crippen molar-refractivity contribution >= 4 is 17.3 Å². The first-order valence-electron chi connectivity index (χ1n) is 13.4. The number of allylic oxidation sites excluding steroid dienone is 4. The molecule has 0 N–H and O–H groups in total. The summed E-state index contributed by atoms with van der Waals surface area (Å²) in [6.07, 6.45) is 4.33. The Balaban J connectivity index is 1.52. The summed E-state index contributed by atoms with van der Waals surface area (Å²) < 4.78 is 12.0. The van der Waals surface area contributed by atoms with E-state index >= 15 is 0 Å². The fraction of sp³-hybridized carbons (Fsp3) is 0.400. The van der Waals surface area contributed by atoms with Crippen molar-refractivity contribution in [3.8, 4) is 11.5 Å². The zero-order valence-electron chi connectivity index (χ0n) is 21.8. The third-order valence-corrected chi connectivity index (χ3v) is 7.55. The number of carbonyl (C=O) groups excluding carboxylic acids is 2. The minimum atomic E-state index is -0.433. The van der Waals surface area contributed by atoms with Gasteiger partial charge >= 0.3 is 0 Å². The molecule has 0 saturated carbocycles. The Kier molecular flexibility index (Phi) is 7.31. The van der Waals surface area contributed by atoms with E-state index in [4.69, 9.17) is 9.47 Å². The van der Waals surface area contributed by atoms with Gasteiger partial charge in [-0.15, -0.1) is 0 Å². The fourth-order valence-electron chi connectivity index (χ4n) is 5.90. The van der Waals surface area contributed by atoms with Crippen LogP contribution >= 0.6 is 0 Å². The van der Waals surface area contributed by atoms with Crippen LogP contribution in [0.2, 0.25) is 0 Å². The average molecular weight is 517 g/mol. The van der Waals surface area contributed by atoms with Crippen LogP contribution in [0.4, 0.5) is 5.69 Å². The summed E-state index contributed by atoms with van der Waals surface area (Å²) in [6.45, 7) is 5.35. The fourth-order valence-corrected chi connectivity index (χ4v) is 5.90. The number of hydrogen-bond donors (Lipinski definition) is 0. The molecule has 0 unspecified atom stereocenters. The van der Waals surface area contributed by atoms with E-state index in [2.05, 4.69) is 11.8 Å². The van der Waals surface area contributed by atoms with E-state index in [-0.39, 0.29) is 23.9 Å². The van der Waals surface area contributed by atoms with Gasteiger partial charge in [-0.2, -0.15) is 0 Å². The Morgan fingerprint density at radius 3 is 2.05 bits per heavy atom. The molecule has 0 saturated heterocycles. The van der Waals surface area contributed by atoms with Crippen molar-refractivity contribution in [1.82, 2.24) is 4.90 Å². The highest BCUT2D eigenvalue weighted by Gasteiger charge is 2.43. The Hall–Kier alpha value is -3.94. The first-order chi connectivity index (χ1) is 18.4. The number of ether oxygens (including phenoxy) is 2. The molecule has 38 heavy (non-hydrogen) atoms. The molecule has 0 amide bonds. The second-order valence-electron chi connectivity index (χ2n) is 9.80. The van der Waals surface area contributed by atoms with Crippen LogP contribution in [-0.4, -0.2) is 34.5 Å². The minimum Gasteiger partial charge on any atom is -0.490 e. The number of nitro benzene ring substituents is 1. The summed E-state index contributed by atoms with van der Waals surface area (Å²) in [4.78, 5) is 39.4. The van der Waals surface area contributed by atoms with Gasteiger partial charge in [0.2, 0.25) is 0 Å². The molecule has 2 aliphatic carbocycles. The molecule has 0 fully saturated rings. The monoisotopic (exact) mass is 516 g/mol. The van der Waals surface area contributed by atoms with Crippen molar-refractivity contribution in [3.63, 3.8) is 0 Å². The number of rotatable bonds is 8. The predicted octanol–water partition coefficient (Wildman–Crippen LogP) is 6.01. The molecule has 198 valence electrons. The normalized spacial score (nSPS) is 17.9. The van der Waals surface area contributed by atoms with Crippen LogP contribution in [0.3, 0.4) is 0 Å². The molecule has 5 rings (SSSR count). The Bertz CT molecular complexity index is 1300. The third-order valence-electron chi connectivity index (χ3n) is 7.55. The number of carbonyl (C=O) groups is 2. The van der Waals surface area contributed by atoms with Crippen LogP contribution in [-0.2, 0) is 16.2 Å². The average Bonchev–Trinajstić information content (AvgIpc) is 2.92. The summed E-state index contributed by atoms with van der Waals surface area (Å²) in [5.41, 5.74) is 5.33. The van der Waals surface area contributed by atoms with Gasteiger partial charge < -0.3 is 14.4 Å². The molecule has 3 aliphatic rings. The van der Waals surface area contributed by atoms with Crippen LogP contribution in [0.5, 0.6) is 11.5 Å². The van der Waals surface area contributed by atoms with Crippen molar-refractivity contribution < 1.29 is 24.0 Å². The Labute approximate surface area is 222 Å². The smallest absolute Gasteiger partial charge is 0.269 e. The second-order valence-corrected chi connectivity index (χ2v) is 9.80. The molecule has 8 heteroatoms. The van der Waals surface area contributed by atoms with Gasteiger partial charge in [0, 0.05) is 60.0 Å². The molecule has 2 aromatic carbocycles. The molecule has 0 atom stereocenters. The maximum atomic E-state index is 13.3. The largest absolute Gasteiger partial charge is 0.490 e. The SMILES string of the molecule is CCOc1cc(C2C3=C(CCCC3=O)N(CC)C3=C2C(=O)CCC3)ccc1OCc1ccc([N+](=O)[O-])cc1. The topological polar surface area (TPSA) is 99.0 Å². The summed E-state index contributed by atoms with van der Waals surface area (Å²) in [6, 6.07) is 11.9. The highest BCUT2D eigenvalue weighted by molar-refractivity contribution is 6.06. The molecule has 1 heterocycles. The first kappa shape index (κ1) is 25.7. The van der Waals surface area contributed by atoms with Gasteiger partial charge in [0.25, 0.3) is 5.69 Å². The number of ketones is 2. The highest BCUT2D eigenvalue weighted by atomic mass is 16.6. The lowest BCUT2D eigenvalue weighted by Gasteiger charge is -2.43. The van der Waals surface area contributed by atoms with E-state index in [9.17, 15) is 19.7 Å². The zero-order valence-corrected chi connectivity index (χ0v) is 21.8. The molecule has 2 aromatic rings. The summed E-state index contributed by atoms with van der Waals surface area (Å²) in [7, 11) is 0. The molecule has 0 aromatic heterocycles. The standard InChI is InChI=1S/C30H32N2O6/c1-3-31-22-7-5-9-24(33)29(22)28(30-23(31)8-6-10-25(30)34)20-13-16-26(27(17-20)37-4-2)38-18-19-11-14-21(15-12-19)32(35)36/h11-17,28H,3-10,18H2,1-2H3. The van der Waals surface area contributed by atoms with Crippen molar-refractivity contribution in [1.29, 1.82) is 0 Å². The third kappa shape index (κ3) is 4.71. The van der Waals surface area contributed by atoms with Crippen molar-refractivity contribution in [2.75, 3.05) is 13.2 Å². The van der Waals surface area contributed by atoms with E-state index in [1.807, 2.05) is 25.1 Å². The first-order valence-corrected chi connectivity index (χ1v) is 13.4. The number of benzene rings is 2. The lowest BCUT2D eigenvalue weighted by atomic mass is 9.71. The number of hydrogen-bond acceptors (Lipinski definition) is 7. The quantitative estimate of drug-likeness (QED) is 0.313. The number of Topliss-reactive ketones (excluding diaryl/α,β-unsaturated/α-hetero) is 2. The van der Waals surface area contributed by atoms with Crippen LogP contribution in [0.1, 0.15) is 69.4 Å². The number of nitro groups is 1. The van der Waals surface area contributed by atoms with Gasteiger partial charge in [-0.05, 0) is 74.9 Å². The molecule has 0 bridgehead atoms. The molecule has 0 spiro atoms. The summed E-state index contributed by atoms with van der Waals surface area (Å²) >= 11 is 0. The van der Waals surface area contributed by atoms with Gasteiger partial charge in [-0.25, -0.2) is 0 Å². The van der Waals surface area contributed by atoms with E-state index in [0.717, 1.165) is 65.9 Å². The van der Waals surface area contributed by atoms with Crippen LogP contribution < -0.4 is 9.47 Å². The van der Waals surface area contributed by atoms with Gasteiger partial charge in [0.05, 0.1) is 11.5 Å². The van der Waals surface area contributed by atoms with E-state index < -0.39 is 10.8 Å². The molecule has 1 aliphatic heterocycles. The van der Waals surface area contributed by atoms with Gasteiger partial charge in [-0.1, -0.05) is 6.07 Å². The maximum absolute atomic E-state index is 13.3. The molecular weight excluding hydrogens is 484 g/mol. The maximum Gasteiger partial charge on any atom is 0.269 e. The second kappa shape index (κ2) is 10.8. The van der Waals surface area contributed by atoms with Gasteiger partial charge in [0.15, 0.2) is 23.1 Å². The van der Waals surface area contributed by atoms with Crippen LogP contribution in [0.25, 0.3) is 0 Å². The molecule has 8 nitrogen and oxygen atoms in total. The Morgan fingerprint density at radius 2 is 1.50 bits per heavy atom. The minimum absolute atomic E-state index is 0.0269. The summed E-state index contributed by atoms with van der Waals surface area (Å²) in [5, 5.41) is 10.9. The van der Waals surface area contributed by atoms with Crippen LogP contribution in [0.15, 0.2) is 65.0 Å². The zero-order chi connectivity index (χ0) is 26.8. The van der Waals surface area contributed by atoms with Gasteiger partial charge in [0.1, 0.15) is 6.61 Å². The summed E-state index contributed by atoms with van der Waals surface area (Å²) in [5.74, 6) is 0.924. The van der Waals surface area contributed by atoms with Crippen molar-refractivity contribution in [3.05, 3.63) is 86.2 Å². The van der Waals surface area contributed by atoms with E-state index in [1.165, 1.54) is 12.1 Å². The highest BCUT2D eigenvalue weighted by Crippen LogP contribution is 2.50. The number of nitrogens with zero attached hydrogens (tertiary/aromatic N) is 2. The Morgan fingerprint density at radius 1 is 0.868 bits per heavy atom. The van der Waals surface area contributed by atoms with E-state index in [0.29, 0.717) is 30.9 Å². The lowest BCUT2D eigenvalue weighted by molar-refractivity contribution is -0.384. The molecular formula is C30H32N2O6. The molecule has 0 radical (unpaired) electrons. The van der Waals surface area contributed by atoms with Crippen molar-refractivity contribution in [2.45, 2.75) is 64.9 Å². The lowest BCUT2D eigenvalue weighted by Crippen LogP contribution is -2.39.